The van der Waals surface area contributed by atoms with Crippen molar-refractivity contribution >= 4 is 23.2 Å². The number of aryl methyl sites for hydroxylation is 1. The largest absolute Gasteiger partial charge is 0.369 e. The number of piperazine rings is 1. The molecule has 3 heterocycles. The summed E-state index contributed by atoms with van der Waals surface area (Å²) >= 11 is 6.16. The minimum atomic E-state index is -0.219. The summed E-state index contributed by atoms with van der Waals surface area (Å²) in [6, 6.07) is 19.9. The highest BCUT2D eigenvalue weighted by atomic mass is 35.5. The second-order valence-corrected chi connectivity index (χ2v) is 9.35. The summed E-state index contributed by atoms with van der Waals surface area (Å²) in [4.78, 5) is 21.7. The van der Waals surface area contributed by atoms with Crippen LogP contribution in [0.5, 0.6) is 0 Å². The maximum absolute atomic E-state index is 13.3. The normalized spacial score (nSPS) is 14.1. The first kappa shape index (κ1) is 24.0. The number of benzene rings is 2. The van der Waals surface area contributed by atoms with E-state index in [1.807, 2.05) is 48.0 Å². The second-order valence-electron chi connectivity index (χ2n) is 8.92. The van der Waals surface area contributed by atoms with E-state index in [1.54, 1.807) is 24.5 Å². The van der Waals surface area contributed by atoms with Crippen molar-refractivity contribution in [3.05, 3.63) is 107 Å². The van der Waals surface area contributed by atoms with Gasteiger partial charge in [0, 0.05) is 72.6 Å². The number of nitrogens with zero attached hydrogens (tertiary/aromatic N) is 4. The number of carbonyl (C=O) groups is 1. The lowest BCUT2D eigenvalue weighted by Crippen LogP contribution is -2.46. The number of carbonyl (C=O) groups excluding carboxylic acids is 1. The maximum Gasteiger partial charge on any atom is 0.270 e. The van der Waals surface area contributed by atoms with Crippen molar-refractivity contribution < 1.29 is 9.18 Å². The van der Waals surface area contributed by atoms with Gasteiger partial charge < -0.3 is 4.90 Å². The highest BCUT2D eigenvalue weighted by molar-refractivity contribution is 6.30. The van der Waals surface area contributed by atoms with Crippen LogP contribution in [0.4, 0.5) is 10.1 Å². The van der Waals surface area contributed by atoms with Crippen molar-refractivity contribution in [3.8, 4) is 11.3 Å². The maximum atomic E-state index is 13.3. The molecule has 0 saturated carbocycles. The molecule has 8 heteroatoms. The topological polar surface area (TPSA) is 53.4 Å². The molecule has 0 radical (unpaired) electrons. The monoisotopic (exact) mass is 503 g/mol. The number of halogens is 2. The predicted molar refractivity (Wildman–Crippen MR) is 141 cm³/mol. The fourth-order valence-corrected chi connectivity index (χ4v) is 4.74. The summed E-state index contributed by atoms with van der Waals surface area (Å²) in [5.41, 5.74) is 8.61. The SMILES string of the molecule is Cc1cc(CN2CCN(c3ccc(F)cc3)CC2)c(-c2ccc(Cl)cc2)n1NC(=O)c1ccncc1. The Labute approximate surface area is 214 Å². The summed E-state index contributed by atoms with van der Waals surface area (Å²) in [5.74, 6) is -0.422. The number of rotatable bonds is 6. The van der Waals surface area contributed by atoms with Crippen molar-refractivity contribution in [3.63, 3.8) is 0 Å². The molecule has 0 bridgehead atoms. The zero-order valence-electron chi connectivity index (χ0n) is 20.0. The van der Waals surface area contributed by atoms with Gasteiger partial charge in [0.1, 0.15) is 5.82 Å². The van der Waals surface area contributed by atoms with Crippen LogP contribution in [0.25, 0.3) is 11.3 Å². The van der Waals surface area contributed by atoms with Gasteiger partial charge in [-0.05, 0) is 67.1 Å². The first-order valence-electron chi connectivity index (χ1n) is 11.9. The van der Waals surface area contributed by atoms with Crippen molar-refractivity contribution in [1.82, 2.24) is 14.6 Å². The van der Waals surface area contributed by atoms with E-state index >= 15 is 0 Å². The van der Waals surface area contributed by atoms with Crippen LogP contribution >= 0.6 is 11.6 Å². The van der Waals surface area contributed by atoms with E-state index < -0.39 is 0 Å². The van der Waals surface area contributed by atoms with Gasteiger partial charge >= 0.3 is 0 Å². The molecule has 1 aliphatic heterocycles. The molecule has 6 nitrogen and oxygen atoms in total. The molecule has 5 rings (SSSR count). The number of amides is 1. The van der Waals surface area contributed by atoms with Gasteiger partial charge in [0.15, 0.2) is 0 Å². The average molecular weight is 504 g/mol. The molecule has 2 aromatic carbocycles. The van der Waals surface area contributed by atoms with Crippen LogP contribution in [0.3, 0.4) is 0 Å². The summed E-state index contributed by atoms with van der Waals surface area (Å²) in [5, 5.41) is 0.660. The van der Waals surface area contributed by atoms with E-state index in [0.29, 0.717) is 10.6 Å². The van der Waals surface area contributed by atoms with E-state index in [2.05, 4.69) is 26.3 Å². The molecule has 2 aromatic heterocycles. The second kappa shape index (κ2) is 10.5. The Hall–Kier alpha value is -3.68. The molecule has 0 atom stereocenters. The molecule has 0 spiro atoms. The van der Waals surface area contributed by atoms with Crippen LogP contribution in [0, 0.1) is 12.7 Å². The third kappa shape index (κ3) is 5.27. The molecule has 184 valence electrons. The standard InChI is InChI=1S/C28H27ClFN5O/c1-20-18-23(19-33-14-16-34(17-15-33)26-8-6-25(30)7-9-26)27(21-2-4-24(29)5-3-21)35(20)32-28(36)22-10-12-31-13-11-22/h2-13,18H,14-17,19H2,1H3,(H,32,36). The van der Waals surface area contributed by atoms with Crippen LogP contribution in [0.15, 0.2) is 79.1 Å². The first-order valence-corrected chi connectivity index (χ1v) is 12.3. The third-order valence-electron chi connectivity index (χ3n) is 6.50. The Morgan fingerprint density at radius 3 is 2.31 bits per heavy atom. The fraction of sp³-hybridized carbons (Fsp3) is 0.214. The third-order valence-corrected chi connectivity index (χ3v) is 6.75. The lowest BCUT2D eigenvalue weighted by atomic mass is 10.1. The molecular formula is C28H27ClFN5O. The predicted octanol–water partition coefficient (Wildman–Crippen LogP) is 5.36. The van der Waals surface area contributed by atoms with Gasteiger partial charge in [0.2, 0.25) is 0 Å². The van der Waals surface area contributed by atoms with Crippen molar-refractivity contribution in [2.75, 3.05) is 36.5 Å². The minimum Gasteiger partial charge on any atom is -0.369 e. The number of nitrogens with one attached hydrogen (secondary N) is 1. The zero-order valence-corrected chi connectivity index (χ0v) is 20.8. The lowest BCUT2D eigenvalue weighted by Gasteiger charge is -2.36. The molecule has 1 N–H and O–H groups in total. The molecule has 4 aromatic rings. The molecule has 1 aliphatic rings. The number of aromatic nitrogens is 2. The highest BCUT2D eigenvalue weighted by Gasteiger charge is 2.22. The number of hydrogen-bond donors (Lipinski definition) is 1. The Bertz CT molecular complexity index is 1330. The van der Waals surface area contributed by atoms with Crippen molar-refractivity contribution in [2.45, 2.75) is 13.5 Å². The zero-order chi connectivity index (χ0) is 25.1. The van der Waals surface area contributed by atoms with E-state index in [-0.39, 0.29) is 11.7 Å². The Morgan fingerprint density at radius 2 is 1.64 bits per heavy atom. The highest BCUT2D eigenvalue weighted by Crippen LogP contribution is 2.30. The molecule has 36 heavy (non-hydrogen) atoms. The van der Waals surface area contributed by atoms with E-state index in [0.717, 1.165) is 60.9 Å². The summed E-state index contributed by atoms with van der Waals surface area (Å²) < 4.78 is 15.2. The van der Waals surface area contributed by atoms with E-state index in [1.165, 1.54) is 12.1 Å². The summed E-state index contributed by atoms with van der Waals surface area (Å²) in [7, 11) is 0. The lowest BCUT2D eigenvalue weighted by molar-refractivity contribution is 0.101. The van der Waals surface area contributed by atoms with Gasteiger partial charge in [-0.25, -0.2) is 4.39 Å². The van der Waals surface area contributed by atoms with Crippen LogP contribution in [0.2, 0.25) is 5.02 Å². The van der Waals surface area contributed by atoms with E-state index in [4.69, 9.17) is 11.6 Å². The smallest absolute Gasteiger partial charge is 0.270 e. The molecule has 1 saturated heterocycles. The quantitative estimate of drug-likeness (QED) is 0.385. The first-order chi connectivity index (χ1) is 17.5. The van der Waals surface area contributed by atoms with Gasteiger partial charge in [-0.2, -0.15) is 0 Å². The molecule has 1 fully saturated rings. The number of anilines is 1. The van der Waals surface area contributed by atoms with Gasteiger partial charge in [-0.3, -0.25) is 24.8 Å². The molecule has 0 aliphatic carbocycles. The number of pyridine rings is 1. The van der Waals surface area contributed by atoms with Gasteiger partial charge in [-0.15, -0.1) is 0 Å². The van der Waals surface area contributed by atoms with Crippen molar-refractivity contribution in [1.29, 1.82) is 0 Å². The summed E-state index contributed by atoms with van der Waals surface area (Å²) in [6.07, 6.45) is 3.21. The Balaban J connectivity index is 1.38. The van der Waals surface area contributed by atoms with Gasteiger partial charge in [0.25, 0.3) is 5.91 Å². The van der Waals surface area contributed by atoms with Crippen LogP contribution in [0.1, 0.15) is 21.6 Å². The van der Waals surface area contributed by atoms with Crippen LogP contribution in [-0.2, 0) is 6.54 Å². The molecular weight excluding hydrogens is 477 g/mol. The molecule has 0 unspecified atom stereocenters. The fourth-order valence-electron chi connectivity index (χ4n) is 4.62. The van der Waals surface area contributed by atoms with E-state index in [9.17, 15) is 9.18 Å². The van der Waals surface area contributed by atoms with Gasteiger partial charge in [-0.1, -0.05) is 23.7 Å². The minimum absolute atomic E-state index is 0.203. The molecule has 1 amide bonds. The number of hydrogen-bond acceptors (Lipinski definition) is 4. The van der Waals surface area contributed by atoms with Crippen LogP contribution < -0.4 is 10.3 Å². The van der Waals surface area contributed by atoms with Crippen molar-refractivity contribution in [2.24, 2.45) is 0 Å². The Kier molecular flexibility index (Phi) is 7.02. The Morgan fingerprint density at radius 1 is 0.972 bits per heavy atom. The van der Waals surface area contributed by atoms with Crippen LogP contribution in [-0.4, -0.2) is 46.6 Å². The summed E-state index contributed by atoms with van der Waals surface area (Å²) in [6.45, 7) is 6.22. The average Bonchev–Trinajstić information content (AvgIpc) is 3.20. The van der Waals surface area contributed by atoms with Gasteiger partial charge in [0.05, 0.1) is 5.69 Å².